The molecule has 0 amide bonds. The Balaban J connectivity index is 1.33. The molecule has 1 saturated heterocycles. The van der Waals surface area contributed by atoms with Crippen LogP contribution in [0.5, 0.6) is 0 Å². The lowest BCUT2D eigenvalue weighted by Gasteiger charge is -2.46. The molecule has 39 heavy (non-hydrogen) atoms. The average molecular weight is 525 g/mol. The fourth-order valence-corrected chi connectivity index (χ4v) is 7.59. The van der Waals surface area contributed by atoms with Crippen LogP contribution in [0.3, 0.4) is 0 Å². The third-order valence-electron chi connectivity index (χ3n) is 9.69. The lowest BCUT2D eigenvalue weighted by atomic mass is 9.58. The van der Waals surface area contributed by atoms with Gasteiger partial charge in [0, 0.05) is 50.1 Å². The van der Waals surface area contributed by atoms with Crippen molar-refractivity contribution in [1.82, 2.24) is 28.8 Å². The highest BCUT2D eigenvalue weighted by Crippen LogP contribution is 2.51. The summed E-state index contributed by atoms with van der Waals surface area (Å²) in [6, 6.07) is 10.9. The van der Waals surface area contributed by atoms with Crippen molar-refractivity contribution in [2.75, 3.05) is 13.1 Å². The molecule has 204 valence electrons. The van der Waals surface area contributed by atoms with Gasteiger partial charge in [-0.3, -0.25) is 14.3 Å². The van der Waals surface area contributed by atoms with Gasteiger partial charge < -0.3 is 9.13 Å². The van der Waals surface area contributed by atoms with Crippen LogP contribution in [0.4, 0.5) is 0 Å². The SMILES string of the molecule is CC1CC(c2cccc(-n3cc(C4CC4)c4cc(CN5CCC[C@H](C)C5)n(C)c4c3=O)c2)(c2nncn2C)C1. The maximum Gasteiger partial charge on any atom is 0.279 e. The zero-order valence-corrected chi connectivity index (χ0v) is 23.7. The maximum absolute atomic E-state index is 14.2. The van der Waals surface area contributed by atoms with Crippen molar-refractivity contribution in [3.63, 3.8) is 0 Å². The summed E-state index contributed by atoms with van der Waals surface area (Å²) in [7, 11) is 4.12. The molecule has 7 rings (SSSR count). The van der Waals surface area contributed by atoms with Crippen molar-refractivity contribution in [2.24, 2.45) is 25.9 Å². The highest BCUT2D eigenvalue weighted by Gasteiger charge is 2.48. The number of likely N-dealkylation sites (tertiary alicyclic amines) is 1. The minimum atomic E-state index is -0.155. The van der Waals surface area contributed by atoms with E-state index in [2.05, 4.69) is 81.7 Å². The van der Waals surface area contributed by atoms with Gasteiger partial charge in [0.15, 0.2) is 0 Å². The first kappa shape index (κ1) is 24.8. The van der Waals surface area contributed by atoms with Crippen LogP contribution in [0.1, 0.15) is 80.9 Å². The average Bonchev–Trinajstić information content (AvgIpc) is 3.57. The lowest BCUT2D eigenvalue weighted by molar-refractivity contribution is 0.173. The van der Waals surface area contributed by atoms with E-state index in [0.717, 1.165) is 60.8 Å². The molecule has 3 aromatic heterocycles. The highest BCUT2D eigenvalue weighted by atomic mass is 16.1. The van der Waals surface area contributed by atoms with Crippen molar-refractivity contribution in [2.45, 2.75) is 70.3 Å². The molecule has 2 aliphatic carbocycles. The fraction of sp³-hybridized carbons (Fsp3) is 0.531. The number of rotatable bonds is 6. The molecular weight excluding hydrogens is 484 g/mol. The van der Waals surface area contributed by atoms with E-state index < -0.39 is 0 Å². The van der Waals surface area contributed by atoms with Crippen LogP contribution < -0.4 is 5.56 Å². The summed E-state index contributed by atoms with van der Waals surface area (Å²) < 4.78 is 6.15. The molecule has 0 spiro atoms. The van der Waals surface area contributed by atoms with Crippen LogP contribution in [0, 0.1) is 11.8 Å². The van der Waals surface area contributed by atoms with E-state index in [0.29, 0.717) is 11.8 Å². The third kappa shape index (κ3) is 4.08. The number of fused-ring (bicyclic) bond motifs is 1. The van der Waals surface area contributed by atoms with E-state index in [1.165, 1.54) is 42.5 Å². The Labute approximate surface area is 230 Å². The highest BCUT2D eigenvalue weighted by molar-refractivity contribution is 5.85. The van der Waals surface area contributed by atoms with Crippen LogP contribution in [0.25, 0.3) is 16.6 Å². The predicted molar refractivity (Wildman–Crippen MR) is 154 cm³/mol. The Morgan fingerprint density at radius 3 is 2.56 bits per heavy atom. The summed E-state index contributed by atoms with van der Waals surface area (Å²) >= 11 is 0. The second kappa shape index (κ2) is 9.19. The number of hydrogen-bond acceptors (Lipinski definition) is 4. The number of benzene rings is 1. The molecule has 4 aromatic rings. The van der Waals surface area contributed by atoms with Crippen LogP contribution >= 0.6 is 0 Å². The number of aryl methyl sites for hydroxylation is 2. The second-order valence-corrected chi connectivity index (χ2v) is 12.9. The molecule has 4 heterocycles. The molecule has 1 atom stereocenters. The second-order valence-electron chi connectivity index (χ2n) is 12.9. The Bertz CT molecular complexity index is 1600. The molecule has 7 heteroatoms. The molecule has 2 saturated carbocycles. The van der Waals surface area contributed by atoms with Crippen LogP contribution in [-0.2, 0) is 26.1 Å². The van der Waals surface area contributed by atoms with Gasteiger partial charge in [0.1, 0.15) is 17.7 Å². The smallest absolute Gasteiger partial charge is 0.279 e. The van der Waals surface area contributed by atoms with Gasteiger partial charge in [-0.1, -0.05) is 26.0 Å². The van der Waals surface area contributed by atoms with E-state index in [1.54, 1.807) is 6.33 Å². The zero-order chi connectivity index (χ0) is 26.9. The first-order valence-electron chi connectivity index (χ1n) is 14.8. The summed E-state index contributed by atoms with van der Waals surface area (Å²) in [6.45, 7) is 7.85. The number of nitrogens with zero attached hydrogens (tertiary/aromatic N) is 6. The van der Waals surface area contributed by atoms with Crippen molar-refractivity contribution in [3.8, 4) is 5.69 Å². The van der Waals surface area contributed by atoms with E-state index >= 15 is 0 Å². The molecule has 0 unspecified atom stereocenters. The Kier molecular flexibility index (Phi) is 5.85. The molecule has 1 aromatic carbocycles. The number of aromatic nitrogens is 5. The molecule has 0 N–H and O–H groups in total. The van der Waals surface area contributed by atoms with Crippen molar-refractivity contribution in [3.05, 3.63) is 75.9 Å². The third-order valence-corrected chi connectivity index (χ3v) is 9.69. The quantitative estimate of drug-likeness (QED) is 0.344. The Morgan fingerprint density at radius 1 is 1.05 bits per heavy atom. The Morgan fingerprint density at radius 2 is 1.87 bits per heavy atom. The normalized spacial score (nSPS) is 25.7. The minimum Gasteiger partial charge on any atom is -0.342 e. The summed E-state index contributed by atoms with van der Waals surface area (Å²) in [5.41, 5.74) is 5.48. The van der Waals surface area contributed by atoms with Gasteiger partial charge in [0.25, 0.3) is 5.56 Å². The monoisotopic (exact) mass is 524 g/mol. The number of piperidine rings is 1. The molecule has 1 aliphatic heterocycles. The van der Waals surface area contributed by atoms with Gasteiger partial charge in [-0.2, -0.15) is 0 Å². The summed E-state index contributed by atoms with van der Waals surface area (Å²) in [5.74, 6) is 2.93. The van der Waals surface area contributed by atoms with E-state index in [-0.39, 0.29) is 11.0 Å². The Hall–Kier alpha value is -3.19. The van der Waals surface area contributed by atoms with Crippen LogP contribution in [-0.4, -0.2) is 41.9 Å². The minimum absolute atomic E-state index is 0.0713. The first-order valence-corrected chi connectivity index (χ1v) is 14.8. The van der Waals surface area contributed by atoms with E-state index in [9.17, 15) is 4.79 Å². The van der Waals surface area contributed by atoms with Crippen molar-refractivity contribution in [1.29, 1.82) is 0 Å². The summed E-state index contributed by atoms with van der Waals surface area (Å²) in [6.07, 6.45) is 11.0. The van der Waals surface area contributed by atoms with E-state index in [4.69, 9.17) is 0 Å². The first-order chi connectivity index (χ1) is 18.8. The van der Waals surface area contributed by atoms with Crippen LogP contribution in [0.2, 0.25) is 0 Å². The van der Waals surface area contributed by atoms with Gasteiger partial charge in [0.2, 0.25) is 0 Å². The molecule has 0 bridgehead atoms. The predicted octanol–water partition coefficient (Wildman–Crippen LogP) is 5.28. The lowest BCUT2D eigenvalue weighted by Crippen LogP contribution is -2.43. The molecule has 7 nitrogen and oxygen atoms in total. The molecule has 0 radical (unpaired) electrons. The molecule has 3 aliphatic rings. The maximum atomic E-state index is 14.2. The number of hydrogen-bond donors (Lipinski definition) is 0. The number of pyridine rings is 1. The largest absolute Gasteiger partial charge is 0.342 e. The van der Waals surface area contributed by atoms with Gasteiger partial charge >= 0.3 is 0 Å². The topological polar surface area (TPSA) is 60.9 Å². The van der Waals surface area contributed by atoms with Crippen LogP contribution in [0.15, 0.2) is 47.7 Å². The fourth-order valence-electron chi connectivity index (χ4n) is 7.59. The van der Waals surface area contributed by atoms with Crippen molar-refractivity contribution >= 4 is 10.9 Å². The molecule has 3 fully saturated rings. The van der Waals surface area contributed by atoms with Gasteiger partial charge in [0.05, 0.1) is 5.41 Å². The van der Waals surface area contributed by atoms with Gasteiger partial charge in [-0.25, -0.2) is 0 Å². The summed E-state index contributed by atoms with van der Waals surface area (Å²) in [5, 5.41) is 9.88. The summed E-state index contributed by atoms with van der Waals surface area (Å²) in [4.78, 5) is 16.7. The molecular formula is C32H40N6O. The van der Waals surface area contributed by atoms with E-state index in [1.807, 2.05) is 11.6 Å². The van der Waals surface area contributed by atoms with Gasteiger partial charge in [-0.15, -0.1) is 10.2 Å². The standard InChI is InChI=1S/C32H40N6O/c1-21-7-6-12-37(17-21)18-26-14-27-28(23-10-11-23)19-38(30(39)29(27)36(26)4)25-9-5-8-24(13-25)32(15-22(2)16-32)31-34-33-20-35(31)3/h5,8-9,13-14,19-23H,6-7,10-12,15-18H2,1-4H3/t21-,22?,32?/m0/s1. The van der Waals surface area contributed by atoms with Gasteiger partial charge in [-0.05, 0) is 92.1 Å². The zero-order valence-electron chi connectivity index (χ0n) is 23.7. The van der Waals surface area contributed by atoms with Crippen molar-refractivity contribution < 1.29 is 0 Å².